The predicted molar refractivity (Wildman–Crippen MR) is 85.7 cm³/mol. The van der Waals surface area contributed by atoms with Crippen molar-refractivity contribution in [1.82, 2.24) is 0 Å². The van der Waals surface area contributed by atoms with Crippen LogP contribution in [-0.2, 0) is 9.53 Å². The number of amides is 3. The van der Waals surface area contributed by atoms with Gasteiger partial charge in [-0.25, -0.2) is 4.79 Å². The molecular weight excluding hydrogens is 282 g/mol. The molecule has 1 fully saturated rings. The van der Waals surface area contributed by atoms with Gasteiger partial charge in [0.05, 0.1) is 6.10 Å². The summed E-state index contributed by atoms with van der Waals surface area (Å²) in [5, 5.41) is 5.31. The van der Waals surface area contributed by atoms with Crippen LogP contribution in [0.2, 0.25) is 0 Å². The summed E-state index contributed by atoms with van der Waals surface area (Å²) in [7, 11) is 0. The van der Waals surface area contributed by atoms with E-state index in [1.54, 1.807) is 24.3 Å². The van der Waals surface area contributed by atoms with Crippen molar-refractivity contribution in [2.24, 2.45) is 5.73 Å². The number of benzene rings is 1. The zero-order valence-corrected chi connectivity index (χ0v) is 12.8. The molecule has 0 aromatic heterocycles. The first-order valence-electron chi connectivity index (χ1n) is 7.71. The van der Waals surface area contributed by atoms with Crippen LogP contribution in [0.5, 0.6) is 0 Å². The van der Waals surface area contributed by atoms with Gasteiger partial charge in [0.25, 0.3) is 5.91 Å². The van der Waals surface area contributed by atoms with E-state index >= 15 is 0 Å². The molecule has 6 heteroatoms. The maximum Gasteiger partial charge on any atom is 0.316 e. The molecule has 0 bridgehead atoms. The van der Waals surface area contributed by atoms with E-state index in [1.807, 2.05) is 6.92 Å². The highest BCUT2D eigenvalue weighted by Crippen LogP contribution is 2.23. The summed E-state index contributed by atoms with van der Waals surface area (Å²) in [6, 6.07) is 6.17. The Morgan fingerprint density at radius 2 is 1.73 bits per heavy atom. The van der Waals surface area contributed by atoms with Crippen LogP contribution in [0.3, 0.4) is 0 Å². The number of nitrogens with two attached hydrogens (primary N) is 1. The van der Waals surface area contributed by atoms with Gasteiger partial charge >= 0.3 is 6.03 Å². The molecule has 1 atom stereocenters. The first-order valence-corrected chi connectivity index (χ1v) is 7.71. The van der Waals surface area contributed by atoms with Gasteiger partial charge in [0, 0.05) is 11.4 Å². The van der Waals surface area contributed by atoms with Crippen molar-refractivity contribution >= 4 is 23.3 Å². The average Bonchev–Trinajstić information content (AvgIpc) is 2.99. The lowest BCUT2D eigenvalue weighted by molar-refractivity contribution is -0.131. The highest BCUT2D eigenvalue weighted by molar-refractivity contribution is 5.94. The number of ether oxygens (including phenoxy) is 1. The van der Waals surface area contributed by atoms with Crippen molar-refractivity contribution in [3.05, 3.63) is 24.3 Å². The SMILES string of the molecule is CCC(OC1CCCC1)C(=O)Nc1ccc(NC(N)=O)cc1. The van der Waals surface area contributed by atoms with Gasteiger partial charge < -0.3 is 21.1 Å². The molecule has 0 aliphatic heterocycles. The minimum absolute atomic E-state index is 0.134. The number of carbonyl (C=O) groups is 2. The molecule has 3 amide bonds. The van der Waals surface area contributed by atoms with E-state index in [1.165, 1.54) is 12.8 Å². The third-order valence-corrected chi connectivity index (χ3v) is 3.74. The molecule has 4 N–H and O–H groups in total. The standard InChI is InChI=1S/C16H23N3O3/c1-2-14(22-13-5-3-4-6-13)15(20)18-11-7-9-12(10-8-11)19-16(17)21/h7-10,13-14H,2-6H2,1H3,(H,18,20)(H3,17,19,21). The maximum absolute atomic E-state index is 12.3. The van der Waals surface area contributed by atoms with E-state index in [-0.39, 0.29) is 12.0 Å². The van der Waals surface area contributed by atoms with Crippen LogP contribution in [0.25, 0.3) is 0 Å². The average molecular weight is 305 g/mol. The van der Waals surface area contributed by atoms with Crippen molar-refractivity contribution in [1.29, 1.82) is 0 Å². The molecule has 1 unspecified atom stereocenters. The first kappa shape index (κ1) is 16.3. The quantitative estimate of drug-likeness (QED) is 0.754. The monoisotopic (exact) mass is 305 g/mol. The number of primary amides is 1. The molecule has 120 valence electrons. The molecule has 0 radical (unpaired) electrons. The number of rotatable bonds is 6. The minimum Gasteiger partial charge on any atom is -0.365 e. The third kappa shape index (κ3) is 4.73. The molecule has 1 aromatic carbocycles. The molecule has 1 saturated carbocycles. The highest BCUT2D eigenvalue weighted by atomic mass is 16.5. The molecular formula is C16H23N3O3. The number of hydrogen-bond donors (Lipinski definition) is 3. The second kappa shape index (κ2) is 7.79. The zero-order chi connectivity index (χ0) is 15.9. The predicted octanol–water partition coefficient (Wildman–Crippen LogP) is 2.85. The maximum atomic E-state index is 12.3. The van der Waals surface area contributed by atoms with Gasteiger partial charge in [-0.15, -0.1) is 0 Å². The summed E-state index contributed by atoms with van der Waals surface area (Å²) < 4.78 is 5.89. The smallest absolute Gasteiger partial charge is 0.316 e. The second-order valence-corrected chi connectivity index (χ2v) is 5.50. The van der Waals surface area contributed by atoms with Crippen molar-refractivity contribution in [3.63, 3.8) is 0 Å². The van der Waals surface area contributed by atoms with Crippen molar-refractivity contribution in [2.75, 3.05) is 10.6 Å². The molecule has 6 nitrogen and oxygen atoms in total. The fourth-order valence-corrected chi connectivity index (χ4v) is 2.60. The summed E-state index contributed by atoms with van der Waals surface area (Å²) in [6.07, 6.45) is 4.86. The summed E-state index contributed by atoms with van der Waals surface area (Å²) in [5.74, 6) is -0.134. The van der Waals surface area contributed by atoms with Gasteiger partial charge in [-0.05, 0) is 43.5 Å². The third-order valence-electron chi connectivity index (χ3n) is 3.74. The fraction of sp³-hybridized carbons (Fsp3) is 0.500. The normalized spacial score (nSPS) is 16.2. The zero-order valence-electron chi connectivity index (χ0n) is 12.8. The van der Waals surface area contributed by atoms with Crippen LogP contribution in [0.15, 0.2) is 24.3 Å². The Morgan fingerprint density at radius 1 is 1.18 bits per heavy atom. The van der Waals surface area contributed by atoms with Crippen LogP contribution >= 0.6 is 0 Å². The molecule has 1 aliphatic carbocycles. The molecule has 1 aromatic rings. The number of hydrogen-bond acceptors (Lipinski definition) is 3. The van der Waals surface area contributed by atoms with E-state index in [4.69, 9.17) is 10.5 Å². The molecule has 0 spiro atoms. The van der Waals surface area contributed by atoms with E-state index in [9.17, 15) is 9.59 Å². The van der Waals surface area contributed by atoms with E-state index < -0.39 is 12.1 Å². The topological polar surface area (TPSA) is 93.4 Å². The Hall–Kier alpha value is -2.08. The molecule has 1 aliphatic rings. The fourth-order valence-electron chi connectivity index (χ4n) is 2.60. The van der Waals surface area contributed by atoms with Gasteiger partial charge in [-0.2, -0.15) is 0 Å². The minimum atomic E-state index is -0.618. The van der Waals surface area contributed by atoms with E-state index in [2.05, 4.69) is 10.6 Å². The summed E-state index contributed by atoms with van der Waals surface area (Å²) in [6.45, 7) is 1.94. The van der Waals surface area contributed by atoms with Gasteiger partial charge in [-0.1, -0.05) is 19.8 Å². The summed E-state index contributed by atoms with van der Waals surface area (Å²) in [5.41, 5.74) is 6.29. The Morgan fingerprint density at radius 3 is 2.23 bits per heavy atom. The lowest BCUT2D eigenvalue weighted by Gasteiger charge is -2.20. The Balaban J connectivity index is 1.89. The van der Waals surface area contributed by atoms with Crippen molar-refractivity contribution in [3.8, 4) is 0 Å². The highest BCUT2D eigenvalue weighted by Gasteiger charge is 2.24. The molecule has 22 heavy (non-hydrogen) atoms. The van der Waals surface area contributed by atoms with Crippen LogP contribution in [0.4, 0.5) is 16.2 Å². The van der Waals surface area contributed by atoms with Gasteiger partial charge in [-0.3, -0.25) is 4.79 Å². The Kier molecular flexibility index (Phi) is 5.77. The van der Waals surface area contributed by atoms with Crippen LogP contribution in [0, 0.1) is 0 Å². The molecule has 0 saturated heterocycles. The molecule has 0 heterocycles. The Labute approximate surface area is 130 Å². The number of urea groups is 1. The number of carbonyl (C=O) groups excluding carboxylic acids is 2. The number of anilines is 2. The van der Waals surface area contributed by atoms with Crippen molar-refractivity contribution in [2.45, 2.75) is 51.2 Å². The van der Waals surface area contributed by atoms with Crippen LogP contribution < -0.4 is 16.4 Å². The van der Waals surface area contributed by atoms with Crippen molar-refractivity contribution < 1.29 is 14.3 Å². The van der Waals surface area contributed by atoms with Crippen LogP contribution in [-0.4, -0.2) is 24.1 Å². The number of nitrogens with one attached hydrogen (secondary N) is 2. The lowest BCUT2D eigenvalue weighted by Crippen LogP contribution is -2.32. The second-order valence-electron chi connectivity index (χ2n) is 5.50. The van der Waals surface area contributed by atoms with Gasteiger partial charge in [0.15, 0.2) is 0 Å². The van der Waals surface area contributed by atoms with Gasteiger partial charge in [0.2, 0.25) is 0 Å². The first-order chi connectivity index (χ1) is 10.6. The van der Waals surface area contributed by atoms with Gasteiger partial charge in [0.1, 0.15) is 6.10 Å². The van der Waals surface area contributed by atoms with E-state index in [0.29, 0.717) is 17.8 Å². The van der Waals surface area contributed by atoms with E-state index in [0.717, 1.165) is 12.8 Å². The van der Waals surface area contributed by atoms with Crippen LogP contribution in [0.1, 0.15) is 39.0 Å². The Bertz CT molecular complexity index is 510. The summed E-state index contributed by atoms with van der Waals surface area (Å²) in [4.78, 5) is 23.0. The summed E-state index contributed by atoms with van der Waals surface area (Å²) >= 11 is 0. The largest absolute Gasteiger partial charge is 0.365 e. The lowest BCUT2D eigenvalue weighted by atomic mass is 10.2. The molecule has 2 rings (SSSR count).